The van der Waals surface area contributed by atoms with Crippen molar-refractivity contribution >= 4 is 13.6 Å². The van der Waals surface area contributed by atoms with Crippen molar-refractivity contribution in [1.82, 2.24) is 0 Å². The Bertz CT molecular complexity index is 903. The number of alkyl halides is 3. The molecule has 0 atom stereocenters. The summed E-state index contributed by atoms with van der Waals surface area (Å²) >= 11 is 0. The summed E-state index contributed by atoms with van der Waals surface area (Å²) in [7, 11) is 0. The maximum absolute atomic E-state index is 12.3. The molecular formula is C31H47F3O8. The molecule has 2 rings (SSSR count). The third-order valence-electron chi connectivity index (χ3n) is 4.60. The maximum atomic E-state index is 12.3. The molecule has 0 saturated carbocycles. The van der Waals surface area contributed by atoms with Gasteiger partial charge in [-0.1, -0.05) is 45.0 Å². The minimum absolute atomic E-state index is 0.107. The lowest BCUT2D eigenvalue weighted by atomic mass is 9.94. The van der Waals surface area contributed by atoms with Crippen molar-refractivity contribution in [2.45, 2.75) is 66.0 Å². The second kappa shape index (κ2) is 32.0. The minimum atomic E-state index is -4.12. The molecule has 0 fully saturated rings. The van der Waals surface area contributed by atoms with E-state index < -0.39 is 19.4 Å². The third kappa shape index (κ3) is 23.2. The highest BCUT2D eigenvalue weighted by Crippen LogP contribution is 2.33. The third-order valence-corrected chi connectivity index (χ3v) is 4.60. The SMILES string of the molecule is C=C.C=CC.C=O.C=O.CC.CCc1cc(CCCCC(F)(F)F)ccc1-c1cc(OCOO)cc(OCOCO)c1. The van der Waals surface area contributed by atoms with Gasteiger partial charge in [0.05, 0.1) is 0 Å². The Kier molecular flexibility index (Phi) is 34.7. The van der Waals surface area contributed by atoms with Crippen molar-refractivity contribution < 1.29 is 52.2 Å². The van der Waals surface area contributed by atoms with E-state index in [2.05, 4.69) is 24.6 Å². The highest BCUT2D eigenvalue weighted by Gasteiger charge is 2.25. The van der Waals surface area contributed by atoms with Crippen LogP contribution in [-0.2, 0) is 32.1 Å². The number of carbonyl (C=O) groups excluding carboxylic acids is 2. The molecule has 0 spiro atoms. The van der Waals surface area contributed by atoms with Crippen LogP contribution >= 0.6 is 0 Å². The van der Waals surface area contributed by atoms with Crippen LogP contribution in [0.5, 0.6) is 11.5 Å². The number of halogens is 3. The summed E-state index contributed by atoms with van der Waals surface area (Å²) < 4.78 is 52.5. The van der Waals surface area contributed by atoms with Crippen molar-refractivity contribution in [2.24, 2.45) is 0 Å². The molecule has 240 valence electrons. The normalized spacial score (nSPS) is 9.26. The Morgan fingerprint density at radius 2 is 1.43 bits per heavy atom. The van der Waals surface area contributed by atoms with Crippen LogP contribution in [0, 0.1) is 0 Å². The monoisotopic (exact) mass is 604 g/mol. The van der Waals surface area contributed by atoms with Crippen LogP contribution in [0.4, 0.5) is 13.2 Å². The largest absolute Gasteiger partial charge is 0.467 e. The fraction of sp³-hybridized carbons (Fsp3) is 0.419. The van der Waals surface area contributed by atoms with Gasteiger partial charge < -0.3 is 28.9 Å². The molecule has 0 amide bonds. The molecule has 0 saturated heterocycles. The number of hydrogen-bond acceptors (Lipinski definition) is 8. The summed E-state index contributed by atoms with van der Waals surface area (Å²) in [6.45, 7) is 20.2. The number of aliphatic hydroxyl groups excluding tert-OH is 1. The van der Waals surface area contributed by atoms with Crippen LogP contribution in [0.1, 0.15) is 58.1 Å². The molecule has 8 nitrogen and oxygen atoms in total. The second-order valence-corrected chi connectivity index (χ2v) is 7.26. The molecule has 0 aromatic heterocycles. The number of hydrogen-bond donors (Lipinski definition) is 2. The topological polar surface area (TPSA) is 112 Å². The van der Waals surface area contributed by atoms with Crippen LogP contribution in [0.2, 0.25) is 0 Å². The summed E-state index contributed by atoms with van der Waals surface area (Å²) in [6, 6.07) is 11.0. The Balaban J connectivity index is -0.000000581. The number of rotatable bonds is 13. The van der Waals surface area contributed by atoms with Gasteiger partial charge in [0.25, 0.3) is 0 Å². The van der Waals surface area contributed by atoms with E-state index in [1.807, 2.05) is 59.5 Å². The summed E-state index contributed by atoms with van der Waals surface area (Å²) in [5.41, 5.74) is 3.72. The number of benzene rings is 2. The van der Waals surface area contributed by atoms with E-state index in [1.54, 1.807) is 24.3 Å². The molecule has 2 N–H and O–H groups in total. The Labute approximate surface area is 248 Å². The van der Waals surface area contributed by atoms with Gasteiger partial charge in [-0.05, 0) is 67.0 Å². The zero-order valence-corrected chi connectivity index (χ0v) is 25.2. The summed E-state index contributed by atoms with van der Waals surface area (Å²) in [5.74, 6) is 0.820. The van der Waals surface area contributed by atoms with Gasteiger partial charge >= 0.3 is 6.18 Å². The van der Waals surface area contributed by atoms with Crippen LogP contribution in [0.3, 0.4) is 0 Å². The zero-order chi connectivity index (χ0) is 33.4. The van der Waals surface area contributed by atoms with Crippen molar-refractivity contribution in [3.05, 3.63) is 73.3 Å². The van der Waals surface area contributed by atoms with E-state index in [9.17, 15) is 13.2 Å². The molecule has 0 aliphatic heterocycles. The number of unbranched alkanes of at least 4 members (excludes halogenated alkanes) is 1. The van der Waals surface area contributed by atoms with Crippen molar-refractivity contribution in [2.75, 3.05) is 20.4 Å². The zero-order valence-electron chi connectivity index (χ0n) is 25.2. The predicted molar refractivity (Wildman–Crippen MR) is 160 cm³/mol. The van der Waals surface area contributed by atoms with Crippen molar-refractivity contribution in [3.8, 4) is 22.6 Å². The molecule has 0 aliphatic carbocycles. The molecule has 42 heavy (non-hydrogen) atoms. The Hall–Kier alpha value is -3.51. The predicted octanol–water partition coefficient (Wildman–Crippen LogP) is 7.97. The molecule has 0 unspecified atom stereocenters. The van der Waals surface area contributed by atoms with Crippen LogP contribution in [0.15, 0.2) is 62.2 Å². The van der Waals surface area contributed by atoms with Crippen LogP contribution in [-0.4, -0.2) is 50.5 Å². The van der Waals surface area contributed by atoms with Gasteiger partial charge in [0.15, 0.2) is 6.79 Å². The first-order valence-corrected chi connectivity index (χ1v) is 13.0. The molecular weight excluding hydrogens is 557 g/mol. The van der Waals surface area contributed by atoms with E-state index in [0.717, 1.165) is 28.7 Å². The van der Waals surface area contributed by atoms with E-state index in [-0.39, 0.29) is 20.0 Å². The van der Waals surface area contributed by atoms with Gasteiger partial charge in [-0.3, -0.25) is 0 Å². The van der Waals surface area contributed by atoms with E-state index in [4.69, 9.17) is 34.2 Å². The van der Waals surface area contributed by atoms with E-state index in [0.29, 0.717) is 24.3 Å². The second-order valence-electron chi connectivity index (χ2n) is 7.26. The summed E-state index contributed by atoms with van der Waals surface area (Å²) in [4.78, 5) is 20.0. The number of ether oxygens (including phenoxy) is 3. The first kappa shape index (κ1) is 45.5. The highest BCUT2D eigenvalue weighted by molar-refractivity contribution is 5.71. The van der Waals surface area contributed by atoms with Gasteiger partial charge in [0.2, 0.25) is 6.79 Å². The summed E-state index contributed by atoms with van der Waals surface area (Å²) in [6.07, 6.45) is -1.26. The molecule has 2 aromatic carbocycles. The molecule has 2 aromatic rings. The number of allylic oxidation sites excluding steroid dienone is 1. The van der Waals surface area contributed by atoms with Crippen LogP contribution in [0.25, 0.3) is 11.1 Å². The van der Waals surface area contributed by atoms with Gasteiger partial charge in [-0.2, -0.15) is 18.1 Å². The molecule has 0 aliphatic rings. The lowest BCUT2D eigenvalue weighted by Crippen LogP contribution is -2.06. The fourth-order valence-corrected chi connectivity index (χ4v) is 3.17. The highest BCUT2D eigenvalue weighted by atomic mass is 19.4. The number of aliphatic hydroxyl groups is 1. The molecule has 0 radical (unpaired) electrons. The summed E-state index contributed by atoms with van der Waals surface area (Å²) in [5, 5.41) is 17.3. The van der Waals surface area contributed by atoms with Crippen molar-refractivity contribution in [1.29, 1.82) is 0 Å². The minimum Gasteiger partial charge on any atom is -0.467 e. The van der Waals surface area contributed by atoms with E-state index >= 15 is 0 Å². The van der Waals surface area contributed by atoms with E-state index in [1.165, 1.54) is 0 Å². The molecule has 0 heterocycles. The number of carbonyl (C=O) groups is 2. The quantitative estimate of drug-likeness (QED) is 0.0779. The Morgan fingerprint density at radius 3 is 1.88 bits per heavy atom. The first-order chi connectivity index (χ1) is 20.3. The molecule has 11 heteroatoms. The van der Waals surface area contributed by atoms with Gasteiger partial charge in [0, 0.05) is 12.5 Å². The van der Waals surface area contributed by atoms with Gasteiger partial charge in [0.1, 0.15) is 31.9 Å². The first-order valence-electron chi connectivity index (χ1n) is 13.0. The number of aryl methyl sites for hydroxylation is 2. The average Bonchev–Trinajstić information content (AvgIpc) is 3.02. The average molecular weight is 605 g/mol. The standard InChI is InChI=1S/C22H27F3O6.C3H6.C2H6.C2H4.2CH2O/c1-2-17-9-16(5-3-4-8-22(23,24)25)6-7-21(17)18-10-19(29-14-28-13-26)12-20(11-18)30-15-31-27;1-3-2;4*1-2/h6-7,9-12,26-27H,2-5,8,13-15H2,1H3;3H,1H2,2H3;1-2H3;1-2H2;2*1H2. The van der Waals surface area contributed by atoms with Crippen LogP contribution < -0.4 is 9.47 Å². The van der Waals surface area contributed by atoms with Gasteiger partial charge in [-0.15, -0.1) is 19.7 Å². The lowest BCUT2D eigenvalue weighted by Gasteiger charge is -2.15. The Morgan fingerprint density at radius 1 is 0.905 bits per heavy atom. The maximum Gasteiger partial charge on any atom is 0.389 e. The smallest absolute Gasteiger partial charge is 0.389 e. The van der Waals surface area contributed by atoms with Crippen molar-refractivity contribution in [3.63, 3.8) is 0 Å². The molecule has 0 bridgehead atoms. The van der Waals surface area contributed by atoms with Gasteiger partial charge in [-0.25, -0.2) is 5.26 Å². The lowest BCUT2D eigenvalue weighted by molar-refractivity contribution is -0.278. The fourth-order valence-electron chi connectivity index (χ4n) is 3.17.